The van der Waals surface area contributed by atoms with Crippen molar-refractivity contribution in [2.24, 2.45) is 5.73 Å². The summed E-state index contributed by atoms with van der Waals surface area (Å²) in [6.45, 7) is 3.42. The Balaban J connectivity index is 2.10. The summed E-state index contributed by atoms with van der Waals surface area (Å²) in [4.78, 5) is 14.0. The van der Waals surface area contributed by atoms with Crippen LogP contribution in [0.5, 0.6) is 5.75 Å². The second kappa shape index (κ2) is 5.37. The molecule has 1 aliphatic heterocycles. The summed E-state index contributed by atoms with van der Waals surface area (Å²) in [5.74, 6) is 0.102. The third-order valence-corrected chi connectivity index (χ3v) is 2.99. The van der Waals surface area contributed by atoms with E-state index in [-0.39, 0.29) is 23.9 Å². The molecule has 1 fully saturated rings. The van der Waals surface area contributed by atoms with Crippen LogP contribution in [0, 0.1) is 0 Å². The molecule has 1 amide bonds. The Bertz CT molecular complexity index is 419. The Morgan fingerprint density at radius 3 is 2.72 bits per heavy atom. The third kappa shape index (κ3) is 2.80. The molecule has 0 aromatic heterocycles. The summed E-state index contributed by atoms with van der Waals surface area (Å²) < 4.78 is 5.61. The number of phenols is 1. The number of nitrogens with two attached hydrogens (primary N) is 1. The van der Waals surface area contributed by atoms with E-state index in [4.69, 9.17) is 10.5 Å². The summed E-state index contributed by atoms with van der Waals surface area (Å²) in [5, 5.41) is 9.21. The van der Waals surface area contributed by atoms with Crippen LogP contribution in [0.3, 0.4) is 0 Å². The molecule has 2 unspecified atom stereocenters. The number of carbonyl (C=O) groups excluding carboxylic acids is 1. The fourth-order valence-corrected chi connectivity index (χ4v) is 2.13. The van der Waals surface area contributed by atoms with E-state index in [1.54, 1.807) is 17.0 Å². The molecule has 3 N–H and O–H groups in total. The number of nitrogens with zero attached hydrogens (tertiary/aromatic N) is 1. The van der Waals surface area contributed by atoms with Crippen molar-refractivity contribution in [3.63, 3.8) is 0 Å². The van der Waals surface area contributed by atoms with E-state index in [0.717, 1.165) is 0 Å². The van der Waals surface area contributed by atoms with E-state index >= 15 is 0 Å². The summed E-state index contributed by atoms with van der Waals surface area (Å²) in [6, 6.07) is 6.26. The Hall–Kier alpha value is -1.59. The Kier molecular flexibility index (Phi) is 3.84. The van der Waals surface area contributed by atoms with Crippen molar-refractivity contribution in [1.82, 2.24) is 4.90 Å². The lowest BCUT2D eigenvalue weighted by Crippen LogP contribution is -2.51. The van der Waals surface area contributed by atoms with Crippen molar-refractivity contribution < 1.29 is 14.6 Å². The van der Waals surface area contributed by atoms with E-state index in [2.05, 4.69) is 0 Å². The predicted molar refractivity (Wildman–Crippen MR) is 67.4 cm³/mol. The number of phenolic OH excluding ortho intramolecular Hbond substituents is 1. The SMILES string of the molecule is CC1CN(C(=O)c2ccc(O)cc2)CC(CN)O1. The van der Waals surface area contributed by atoms with Crippen molar-refractivity contribution in [3.8, 4) is 5.75 Å². The number of benzene rings is 1. The summed E-state index contributed by atoms with van der Waals surface area (Å²) in [6.07, 6.45) is -0.108. The molecule has 98 valence electrons. The number of carbonyl (C=O) groups is 1. The van der Waals surface area contributed by atoms with Crippen LogP contribution in [0.1, 0.15) is 17.3 Å². The van der Waals surface area contributed by atoms with Gasteiger partial charge in [-0.15, -0.1) is 0 Å². The van der Waals surface area contributed by atoms with E-state index in [1.807, 2.05) is 6.92 Å². The van der Waals surface area contributed by atoms with Crippen molar-refractivity contribution in [2.45, 2.75) is 19.1 Å². The normalized spacial score (nSPS) is 24.0. The summed E-state index contributed by atoms with van der Waals surface area (Å²) >= 11 is 0. The highest BCUT2D eigenvalue weighted by Gasteiger charge is 2.28. The second-order valence-corrected chi connectivity index (χ2v) is 4.56. The topological polar surface area (TPSA) is 75.8 Å². The summed E-state index contributed by atoms with van der Waals surface area (Å²) in [5.41, 5.74) is 6.16. The first-order valence-corrected chi connectivity index (χ1v) is 6.04. The minimum absolute atomic E-state index is 0.00614. The molecule has 5 heteroatoms. The number of hydrogen-bond donors (Lipinski definition) is 2. The van der Waals surface area contributed by atoms with Crippen molar-refractivity contribution in [2.75, 3.05) is 19.6 Å². The zero-order chi connectivity index (χ0) is 13.1. The van der Waals surface area contributed by atoms with Crippen LogP contribution < -0.4 is 5.73 Å². The average molecular weight is 250 g/mol. The monoisotopic (exact) mass is 250 g/mol. The average Bonchev–Trinajstić information content (AvgIpc) is 2.38. The van der Waals surface area contributed by atoms with Crippen molar-refractivity contribution >= 4 is 5.91 Å². The molecular formula is C13H18N2O3. The fourth-order valence-electron chi connectivity index (χ4n) is 2.13. The maximum absolute atomic E-state index is 12.3. The van der Waals surface area contributed by atoms with Crippen LogP contribution in [0.25, 0.3) is 0 Å². The lowest BCUT2D eigenvalue weighted by atomic mass is 10.1. The number of amides is 1. The van der Waals surface area contributed by atoms with Gasteiger partial charge in [-0.25, -0.2) is 0 Å². The van der Waals surface area contributed by atoms with E-state index in [9.17, 15) is 9.90 Å². The molecule has 0 spiro atoms. The highest BCUT2D eigenvalue weighted by molar-refractivity contribution is 5.94. The van der Waals surface area contributed by atoms with Gasteiger partial charge in [0.1, 0.15) is 5.75 Å². The molecule has 2 atom stereocenters. The van der Waals surface area contributed by atoms with Gasteiger partial charge in [0.05, 0.1) is 12.2 Å². The standard InChI is InChI=1S/C13H18N2O3/c1-9-7-15(8-12(6-14)18-9)13(17)10-2-4-11(16)5-3-10/h2-5,9,12,16H,6-8,14H2,1H3. The van der Waals surface area contributed by atoms with Gasteiger partial charge < -0.3 is 20.5 Å². The van der Waals surface area contributed by atoms with Crippen LogP contribution in [0.2, 0.25) is 0 Å². The van der Waals surface area contributed by atoms with Gasteiger partial charge in [-0.05, 0) is 31.2 Å². The number of aromatic hydroxyl groups is 1. The quantitative estimate of drug-likeness (QED) is 0.805. The summed E-state index contributed by atoms with van der Waals surface area (Å²) in [7, 11) is 0. The molecule has 1 aromatic rings. The minimum Gasteiger partial charge on any atom is -0.508 e. The van der Waals surface area contributed by atoms with Gasteiger partial charge in [-0.2, -0.15) is 0 Å². The largest absolute Gasteiger partial charge is 0.508 e. The minimum atomic E-state index is -0.102. The van der Waals surface area contributed by atoms with Gasteiger partial charge in [0.25, 0.3) is 5.91 Å². The fraction of sp³-hybridized carbons (Fsp3) is 0.462. The molecule has 0 saturated carbocycles. The first kappa shape index (κ1) is 12.9. The first-order valence-electron chi connectivity index (χ1n) is 6.04. The lowest BCUT2D eigenvalue weighted by molar-refractivity contribution is -0.0625. The number of hydrogen-bond acceptors (Lipinski definition) is 4. The lowest BCUT2D eigenvalue weighted by Gasteiger charge is -2.36. The first-order chi connectivity index (χ1) is 8.60. The van der Waals surface area contributed by atoms with E-state index < -0.39 is 0 Å². The Morgan fingerprint density at radius 1 is 1.44 bits per heavy atom. The van der Waals surface area contributed by atoms with E-state index in [0.29, 0.717) is 25.2 Å². The molecule has 5 nitrogen and oxygen atoms in total. The zero-order valence-electron chi connectivity index (χ0n) is 10.4. The molecule has 18 heavy (non-hydrogen) atoms. The molecular weight excluding hydrogens is 232 g/mol. The predicted octanol–water partition coefficient (Wildman–Crippen LogP) is 0.580. The smallest absolute Gasteiger partial charge is 0.254 e. The molecule has 1 saturated heterocycles. The number of morpholine rings is 1. The molecule has 0 aliphatic carbocycles. The Morgan fingerprint density at radius 2 is 2.11 bits per heavy atom. The van der Waals surface area contributed by atoms with Crippen molar-refractivity contribution in [3.05, 3.63) is 29.8 Å². The van der Waals surface area contributed by atoms with Crippen LogP contribution in [-0.2, 0) is 4.74 Å². The molecule has 1 aromatic carbocycles. The third-order valence-electron chi connectivity index (χ3n) is 2.99. The number of ether oxygens (including phenoxy) is 1. The number of rotatable bonds is 2. The van der Waals surface area contributed by atoms with Gasteiger partial charge in [0, 0.05) is 25.2 Å². The zero-order valence-corrected chi connectivity index (χ0v) is 10.4. The molecule has 0 radical (unpaired) electrons. The molecule has 1 heterocycles. The van der Waals surface area contributed by atoms with E-state index in [1.165, 1.54) is 12.1 Å². The molecule has 1 aliphatic rings. The maximum atomic E-state index is 12.3. The van der Waals surface area contributed by atoms with Crippen LogP contribution >= 0.6 is 0 Å². The molecule has 2 rings (SSSR count). The highest BCUT2D eigenvalue weighted by Crippen LogP contribution is 2.16. The van der Waals surface area contributed by atoms with Gasteiger partial charge in [0.15, 0.2) is 0 Å². The van der Waals surface area contributed by atoms with Gasteiger partial charge >= 0.3 is 0 Å². The van der Waals surface area contributed by atoms with Gasteiger partial charge in [-0.3, -0.25) is 4.79 Å². The van der Waals surface area contributed by atoms with Crippen molar-refractivity contribution in [1.29, 1.82) is 0 Å². The van der Waals surface area contributed by atoms with Crippen LogP contribution in [0.15, 0.2) is 24.3 Å². The Labute approximate surface area is 106 Å². The second-order valence-electron chi connectivity index (χ2n) is 4.56. The van der Waals surface area contributed by atoms with Gasteiger partial charge in [0.2, 0.25) is 0 Å². The van der Waals surface area contributed by atoms with Crippen LogP contribution in [-0.4, -0.2) is 47.8 Å². The highest BCUT2D eigenvalue weighted by atomic mass is 16.5. The molecule has 0 bridgehead atoms. The maximum Gasteiger partial charge on any atom is 0.254 e. The van der Waals surface area contributed by atoms with Gasteiger partial charge in [-0.1, -0.05) is 0 Å². The van der Waals surface area contributed by atoms with Crippen LogP contribution in [0.4, 0.5) is 0 Å².